The third-order valence-electron chi connectivity index (χ3n) is 4.83. The summed E-state index contributed by atoms with van der Waals surface area (Å²) in [7, 11) is -2.98. The minimum absolute atomic E-state index is 0.0622. The lowest BCUT2D eigenvalue weighted by Gasteiger charge is -2.10. The van der Waals surface area contributed by atoms with Crippen molar-refractivity contribution in [3.8, 4) is 0 Å². The molecule has 2 amide bonds. The van der Waals surface area contributed by atoms with E-state index in [1.807, 2.05) is 27.7 Å². The van der Waals surface area contributed by atoms with Gasteiger partial charge in [-0.05, 0) is 37.5 Å². The molecular formula is C16H26N2O4S. The number of rotatable bonds is 4. The molecule has 130 valence electrons. The second kappa shape index (κ2) is 6.26. The number of amides is 2. The van der Waals surface area contributed by atoms with E-state index in [-0.39, 0.29) is 52.9 Å². The van der Waals surface area contributed by atoms with Crippen molar-refractivity contribution in [3.05, 3.63) is 11.6 Å². The molecule has 2 rings (SSSR count). The van der Waals surface area contributed by atoms with Gasteiger partial charge in [0.2, 0.25) is 11.8 Å². The monoisotopic (exact) mass is 342 g/mol. The van der Waals surface area contributed by atoms with Gasteiger partial charge >= 0.3 is 0 Å². The zero-order valence-corrected chi connectivity index (χ0v) is 15.0. The first-order valence-electron chi connectivity index (χ1n) is 7.97. The molecule has 1 heterocycles. The number of sulfone groups is 1. The van der Waals surface area contributed by atoms with Crippen molar-refractivity contribution in [3.63, 3.8) is 0 Å². The van der Waals surface area contributed by atoms with Crippen LogP contribution in [0.15, 0.2) is 11.6 Å². The van der Waals surface area contributed by atoms with Crippen LogP contribution in [-0.2, 0) is 19.4 Å². The van der Waals surface area contributed by atoms with Gasteiger partial charge in [0.05, 0.1) is 17.4 Å². The second-order valence-electron chi connectivity index (χ2n) is 7.58. The lowest BCUT2D eigenvalue weighted by molar-refractivity contribution is -0.130. The van der Waals surface area contributed by atoms with Crippen LogP contribution >= 0.6 is 0 Å². The number of carbonyl (C=O) groups is 2. The average molecular weight is 342 g/mol. The first kappa shape index (κ1) is 18.0. The summed E-state index contributed by atoms with van der Waals surface area (Å²) >= 11 is 0. The molecule has 2 aliphatic rings. The molecule has 3 atom stereocenters. The molecule has 1 aliphatic heterocycles. The number of carbonyl (C=O) groups excluding carboxylic acids is 2. The van der Waals surface area contributed by atoms with Crippen LogP contribution in [-0.4, -0.2) is 31.7 Å². The molecule has 1 saturated heterocycles. The fourth-order valence-corrected chi connectivity index (χ4v) is 5.27. The molecule has 1 saturated carbocycles. The van der Waals surface area contributed by atoms with Crippen LogP contribution in [0.1, 0.15) is 40.5 Å². The predicted molar refractivity (Wildman–Crippen MR) is 87.9 cm³/mol. The van der Waals surface area contributed by atoms with Gasteiger partial charge in [0, 0.05) is 6.42 Å². The molecule has 0 bridgehead atoms. The molecule has 1 aliphatic carbocycles. The van der Waals surface area contributed by atoms with E-state index in [0.717, 1.165) is 0 Å². The number of nitrogens with one attached hydrogen (secondary N) is 2. The molecule has 0 aromatic carbocycles. The fraction of sp³-hybridized carbons (Fsp3) is 0.750. The zero-order valence-electron chi connectivity index (χ0n) is 14.2. The van der Waals surface area contributed by atoms with E-state index in [0.29, 0.717) is 6.42 Å². The van der Waals surface area contributed by atoms with E-state index in [9.17, 15) is 18.0 Å². The average Bonchev–Trinajstić information content (AvgIpc) is 2.74. The highest BCUT2D eigenvalue weighted by Gasteiger charge is 2.60. The van der Waals surface area contributed by atoms with Crippen LogP contribution < -0.4 is 10.9 Å². The number of hydrogen-bond donors (Lipinski definition) is 2. The summed E-state index contributed by atoms with van der Waals surface area (Å²) in [5.41, 5.74) is 5.96. The van der Waals surface area contributed by atoms with Crippen molar-refractivity contribution in [1.82, 2.24) is 10.9 Å². The van der Waals surface area contributed by atoms with Gasteiger partial charge in [-0.2, -0.15) is 0 Å². The van der Waals surface area contributed by atoms with Crippen molar-refractivity contribution >= 4 is 21.7 Å². The van der Waals surface area contributed by atoms with Crippen LogP contribution in [0.4, 0.5) is 0 Å². The van der Waals surface area contributed by atoms with Gasteiger partial charge in [-0.3, -0.25) is 20.4 Å². The summed E-state index contributed by atoms with van der Waals surface area (Å²) in [4.78, 5) is 24.1. The number of hydrazine groups is 1. The summed E-state index contributed by atoms with van der Waals surface area (Å²) in [6.07, 6.45) is 2.74. The van der Waals surface area contributed by atoms with Gasteiger partial charge < -0.3 is 0 Å². The smallest absolute Gasteiger partial charge is 0.242 e. The van der Waals surface area contributed by atoms with Gasteiger partial charge in [0.15, 0.2) is 9.84 Å². The molecule has 0 unspecified atom stereocenters. The first-order valence-corrected chi connectivity index (χ1v) is 9.79. The minimum Gasteiger partial charge on any atom is -0.273 e. The van der Waals surface area contributed by atoms with E-state index in [1.54, 1.807) is 0 Å². The Balaban J connectivity index is 1.79. The second-order valence-corrected chi connectivity index (χ2v) is 9.81. The van der Waals surface area contributed by atoms with Crippen LogP contribution in [0.3, 0.4) is 0 Å². The Labute approximate surface area is 138 Å². The third-order valence-corrected chi connectivity index (χ3v) is 6.67. The zero-order chi connectivity index (χ0) is 17.4. The molecule has 23 heavy (non-hydrogen) atoms. The maximum Gasteiger partial charge on any atom is 0.242 e. The van der Waals surface area contributed by atoms with Crippen molar-refractivity contribution in [2.24, 2.45) is 23.2 Å². The Hall–Kier alpha value is -1.37. The Morgan fingerprint density at radius 3 is 2.39 bits per heavy atom. The van der Waals surface area contributed by atoms with Crippen LogP contribution in [0.25, 0.3) is 0 Å². The Bertz CT molecular complexity index is 632. The van der Waals surface area contributed by atoms with Crippen molar-refractivity contribution in [2.75, 3.05) is 11.5 Å². The number of hydrogen-bond acceptors (Lipinski definition) is 4. The highest BCUT2D eigenvalue weighted by Crippen LogP contribution is 2.59. The summed E-state index contributed by atoms with van der Waals surface area (Å²) in [5.74, 6) is -0.422. The van der Waals surface area contributed by atoms with Gasteiger partial charge in [-0.25, -0.2) is 8.42 Å². The summed E-state index contributed by atoms with van der Waals surface area (Å²) in [5, 5.41) is 0. The van der Waals surface area contributed by atoms with E-state index in [4.69, 9.17) is 0 Å². The van der Waals surface area contributed by atoms with Gasteiger partial charge in [-0.1, -0.05) is 25.5 Å². The molecule has 7 heteroatoms. The molecule has 0 spiro atoms. The predicted octanol–water partition coefficient (Wildman–Crippen LogP) is 1.20. The third kappa shape index (κ3) is 4.34. The van der Waals surface area contributed by atoms with E-state index in [2.05, 4.69) is 16.9 Å². The lowest BCUT2D eigenvalue weighted by atomic mass is 10.1. The molecule has 2 fully saturated rings. The minimum atomic E-state index is -2.98. The molecule has 0 aromatic rings. The highest BCUT2D eigenvalue weighted by atomic mass is 32.2. The van der Waals surface area contributed by atoms with Gasteiger partial charge in [0.1, 0.15) is 0 Å². The fourth-order valence-electron chi connectivity index (χ4n) is 3.40. The van der Waals surface area contributed by atoms with Crippen LogP contribution in [0.5, 0.6) is 0 Å². The van der Waals surface area contributed by atoms with Crippen LogP contribution in [0.2, 0.25) is 0 Å². The lowest BCUT2D eigenvalue weighted by Crippen LogP contribution is -2.43. The summed E-state index contributed by atoms with van der Waals surface area (Å²) < 4.78 is 22.7. The maximum atomic E-state index is 12.2. The molecular weight excluding hydrogens is 316 g/mol. The molecule has 6 nitrogen and oxygen atoms in total. The topological polar surface area (TPSA) is 92.3 Å². The quantitative estimate of drug-likeness (QED) is 0.593. The Morgan fingerprint density at radius 1 is 1.22 bits per heavy atom. The normalized spacial score (nSPS) is 30.3. The van der Waals surface area contributed by atoms with E-state index >= 15 is 0 Å². The molecule has 0 radical (unpaired) electrons. The van der Waals surface area contributed by atoms with E-state index < -0.39 is 9.84 Å². The number of allylic oxidation sites excluding steroid dienone is 2. The molecule has 2 N–H and O–H groups in total. The highest BCUT2D eigenvalue weighted by molar-refractivity contribution is 7.91. The van der Waals surface area contributed by atoms with Crippen molar-refractivity contribution in [1.29, 1.82) is 0 Å². The standard InChI is InChI=1S/C16H26N2O4S/c1-10(2)7-12-14(16(12,3)4)15(20)18-17-13(19)8-11-5-6-23(21,22)9-11/h7,11-12,14H,5-6,8-9H2,1-4H3,(H,17,19)(H,18,20)/t11-,12-,14-/m1/s1. The van der Waals surface area contributed by atoms with Gasteiger partial charge in [-0.15, -0.1) is 0 Å². The maximum absolute atomic E-state index is 12.2. The Kier molecular flexibility index (Phi) is 4.89. The Morgan fingerprint density at radius 2 is 1.87 bits per heavy atom. The summed E-state index contributed by atoms with van der Waals surface area (Å²) in [6.45, 7) is 8.07. The van der Waals surface area contributed by atoms with Crippen LogP contribution in [0, 0.1) is 23.2 Å². The van der Waals surface area contributed by atoms with Gasteiger partial charge in [0.25, 0.3) is 0 Å². The summed E-state index contributed by atoms with van der Waals surface area (Å²) in [6, 6.07) is 0. The SMILES string of the molecule is CC(C)=C[C@@H]1[C@H](C(=O)NNC(=O)C[C@H]2CCS(=O)(=O)C2)C1(C)C. The largest absolute Gasteiger partial charge is 0.273 e. The van der Waals surface area contributed by atoms with Crippen molar-refractivity contribution < 1.29 is 18.0 Å². The molecule has 0 aromatic heterocycles. The van der Waals surface area contributed by atoms with Crippen molar-refractivity contribution in [2.45, 2.75) is 40.5 Å². The van der Waals surface area contributed by atoms with E-state index in [1.165, 1.54) is 5.57 Å². The first-order chi connectivity index (χ1) is 10.5.